The number of carbonyl (C=O) groups excluding carboxylic acids is 1. The Balaban J connectivity index is 2.00. The summed E-state index contributed by atoms with van der Waals surface area (Å²) in [5, 5.41) is 10.3. The zero-order chi connectivity index (χ0) is 19.8. The molecule has 0 aromatic carbocycles. The van der Waals surface area contributed by atoms with Crippen molar-refractivity contribution in [1.82, 2.24) is 20.4 Å². The molecule has 2 aromatic rings. The second kappa shape index (κ2) is 7.31. The van der Waals surface area contributed by atoms with Crippen LogP contribution < -0.4 is 5.32 Å². The number of ether oxygens (including phenoxy) is 1. The van der Waals surface area contributed by atoms with Gasteiger partial charge in [-0.2, -0.15) is 4.98 Å². The van der Waals surface area contributed by atoms with Crippen LogP contribution in [0.4, 0.5) is 0 Å². The van der Waals surface area contributed by atoms with Gasteiger partial charge in [-0.15, -0.1) is 11.3 Å². The standard InChI is InChI=1S/C19H28N4O3S/c1-11(2)9-19(17(24)25-18(4,5)6)10-13(15-21-12(3)23-26-15)14(22-19)16-20-7-8-27-16/h7-8,11,13-14,22H,9-10H2,1-6H3/t13-,14-,19+/m1/s1. The predicted molar refractivity (Wildman–Crippen MR) is 102 cm³/mol. The van der Waals surface area contributed by atoms with Crippen molar-refractivity contribution in [2.45, 2.75) is 77.5 Å². The zero-order valence-corrected chi connectivity index (χ0v) is 17.6. The van der Waals surface area contributed by atoms with Crippen molar-refractivity contribution in [3.05, 3.63) is 28.3 Å². The summed E-state index contributed by atoms with van der Waals surface area (Å²) in [6.07, 6.45) is 2.97. The van der Waals surface area contributed by atoms with Gasteiger partial charge in [0, 0.05) is 11.6 Å². The average Bonchev–Trinajstić information content (AvgIpc) is 3.23. The van der Waals surface area contributed by atoms with Gasteiger partial charge in [0.1, 0.15) is 16.1 Å². The van der Waals surface area contributed by atoms with Gasteiger partial charge in [0.25, 0.3) is 0 Å². The maximum absolute atomic E-state index is 13.2. The molecule has 2 aromatic heterocycles. The predicted octanol–water partition coefficient (Wildman–Crippen LogP) is 3.78. The normalized spacial score (nSPS) is 25.9. The maximum Gasteiger partial charge on any atom is 0.326 e. The number of nitrogens with one attached hydrogen (secondary N) is 1. The van der Waals surface area contributed by atoms with Gasteiger partial charge in [0.05, 0.1) is 12.0 Å². The number of carbonyl (C=O) groups is 1. The molecule has 148 valence electrons. The largest absolute Gasteiger partial charge is 0.459 e. The Morgan fingerprint density at radius 1 is 1.48 bits per heavy atom. The van der Waals surface area contributed by atoms with E-state index < -0.39 is 11.1 Å². The molecule has 0 amide bonds. The fourth-order valence-corrected chi connectivity index (χ4v) is 4.46. The number of aromatic nitrogens is 3. The van der Waals surface area contributed by atoms with Crippen LogP contribution >= 0.6 is 11.3 Å². The molecule has 3 heterocycles. The Labute approximate surface area is 163 Å². The highest BCUT2D eigenvalue weighted by Gasteiger charge is 2.54. The van der Waals surface area contributed by atoms with Gasteiger partial charge in [-0.05, 0) is 46.5 Å². The molecule has 0 unspecified atom stereocenters. The minimum Gasteiger partial charge on any atom is -0.459 e. The topological polar surface area (TPSA) is 90.1 Å². The van der Waals surface area contributed by atoms with Crippen LogP contribution in [0, 0.1) is 12.8 Å². The van der Waals surface area contributed by atoms with Crippen molar-refractivity contribution < 1.29 is 14.1 Å². The summed E-state index contributed by atoms with van der Waals surface area (Å²) in [5.74, 6) is 1.06. The minimum absolute atomic E-state index is 0.136. The minimum atomic E-state index is -0.815. The lowest BCUT2D eigenvalue weighted by Crippen LogP contribution is -2.52. The fourth-order valence-electron chi connectivity index (χ4n) is 3.71. The Bertz CT molecular complexity index is 781. The molecule has 0 bridgehead atoms. The molecule has 3 rings (SSSR count). The summed E-state index contributed by atoms with van der Waals surface area (Å²) < 4.78 is 11.3. The van der Waals surface area contributed by atoms with Gasteiger partial charge in [-0.1, -0.05) is 19.0 Å². The van der Waals surface area contributed by atoms with E-state index in [1.54, 1.807) is 24.5 Å². The first kappa shape index (κ1) is 19.9. The molecule has 1 aliphatic heterocycles. The van der Waals surface area contributed by atoms with Crippen molar-refractivity contribution in [2.75, 3.05) is 0 Å². The van der Waals surface area contributed by atoms with Gasteiger partial charge in [0.15, 0.2) is 5.82 Å². The molecule has 3 atom stereocenters. The summed E-state index contributed by atoms with van der Waals surface area (Å²) in [6, 6.07) is -0.170. The summed E-state index contributed by atoms with van der Waals surface area (Å²) in [6.45, 7) is 11.7. The van der Waals surface area contributed by atoms with Crippen molar-refractivity contribution >= 4 is 17.3 Å². The molecule has 7 nitrogen and oxygen atoms in total. The molecule has 1 fully saturated rings. The summed E-state index contributed by atoms with van der Waals surface area (Å²) in [7, 11) is 0. The zero-order valence-electron chi connectivity index (χ0n) is 16.8. The Hall–Kier alpha value is -1.80. The van der Waals surface area contributed by atoms with Crippen LogP contribution in [0.5, 0.6) is 0 Å². The lowest BCUT2D eigenvalue weighted by atomic mass is 9.84. The highest BCUT2D eigenvalue weighted by atomic mass is 32.1. The maximum atomic E-state index is 13.2. The smallest absolute Gasteiger partial charge is 0.326 e. The molecule has 1 N–H and O–H groups in total. The van der Waals surface area contributed by atoms with E-state index in [2.05, 4.69) is 34.3 Å². The summed E-state index contributed by atoms with van der Waals surface area (Å²) in [4.78, 5) is 22.2. The summed E-state index contributed by atoms with van der Waals surface area (Å²) >= 11 is 1.55. The second-order valence-corrected chi connectivity index (χ2v) is 9.59. The second-order valence-electron chi connectivity index (χ2n) is 8.66. The van der Waals surface area contributed by atoms with Crippen LogP contribution in [0.1, 0.15) is 76.1 Å². The molecular formula is C19H28N4O3S. The molecule has 0 saturated carbocycles. The molecular weight excluding hydrogens is 364 g/mol. The van der Waals surface area contributed by atoms with Crippen LogP contribution in [0.2, 0.25) is 0 Å². The Morgan fingerprint density at radius 2 is 2.22 bits per heavy atom. The highest BCUT2D eigenvalue weighted by Crippen LogP contribution is 2.47. The van der Waals surface area contributed by atoms with Crippen LogP contribution in [0.15, 0.2) is 16.1 Å². The van der Waals surface area contributed by atoms with Crippen molar-refractivity contribution in [3.8, 4) is 0 Å². The van der Waals surface area contributed by atoms with E-state index in [0.29, 0.717) is 30.5 Å². The van der Waals surface area contributed by atoms with Crippen LogP contribution in [-0.2, 0) is 9.53 Å². The first-order chi connectivity index (χ1) is 12.6. The Morgan fingerprint density at radius 3 is 2.74 bits per heavy atom. The van der Waals surface area contributed by atoms with E-state index in [-0.39, 0.29) is 17.9 Å². The average molecular weight is 393 g/mol. The quantitative estimate of drug-likeness (QED) is 0.774. The van der Waals surface area contributed by atoms with E-state index in [4.69, 9.17) is 9.26 Å². The van der Waals surface area contributed by atoms with E-state index >= 15 is 0 Å². The number of hydrogen-bond acceptors (Lipinski definition) is 8. The van der Waals surface area contributed by atoms with Gasteiger partial charge >= 0.3 is 5.97 Å². The number of nitrogens with zero attached hydrogens (tertiary/aromatic N) is 3. The lowest BCUT2D eigenvalue weighted by Gasteiger charge is -2.33. The number of thiazole rings is 1. The third-order valence-corrected chi connectivity index (χ3v) is 5.39. The Kier molecular flexibility index (Phi) is 5.40. The third-order valence-electron chi connectivity index (χ3n) is 4.53. The van der Waals surface area contributed by atoms with Crippen molar-refractivity contribution in [1.29, 1.82) is 0 Å². The molecule has 27 heavy (non-hydrogen) atoms. The van der Waals surface area contributed by atoms with Crippen molar-refractivity contribution in [3.63, 3.8) is 0 Å². The highest BCUT2D eigenvalue weighted by molar-refractivity contribution is 7.09. The van der Waals surface area contributed by atoms with E-state index in [0.717, 1.165) is 5.01 Å². The van der Waals surface area contributed by atoms with E-state index in [1.807, 2.05) is 26.2 Å². The first-order valence-electron chi connectivity index (χ1n) is 9.30. The van der Waals surface area contributed by atoms with Gasteiger partial charge in [0.2, 0.25) is 5.89 Å². The van der Waals surface area contributed by atoms with Gasteiger partial charge in [-0.25, -0.2) is 4.98 Å². The number of aryl methyl sites for hydroxylation is 1. The molecule has 0 aliphatic carbocycles. The van der Waals surface area contributed by atoms with E-state index in [9.17, 15) is 4.79 Å². The molecule has 1 saturated heterocycles. The van der Waals surface area contributed by atoms with Crippen molar-refractivity contribution in [2.24, 2.45) is 5.92 Å². The molecule has 0 spiro atoms. The van der Waals surface area contributed by atoms with Crippen LogP contribution in [0.3, 0.4) is 0 Å². The van der Waals surface area contributed by atoms with Crippen LogP contribution in [-0.4, -0.2) is 32.2 Å². The van der Waals surface area contributed by atoms with Gasteiger partial charge in [-0.3, -0.25) is 10.1 Å². The lowest BCUT2D eigenvalue weighted by molar-refractivity contribution is -0.163. The number of rotatable bonds is 5. The molecule has 1 aliphatic rings. The first-order valence-corrected chi connectivity index (χ1v) is 10.2. The number of esters is 1. The SMILES string of the molecule is Cc1noc([C@@H]2C[C@@](CC(C)C)(C(=O)OC(C)(C)C)N[C@H]2c2nccs2)n1. The molecule has 0 radical (unpaired) electrons. The fraction of sp³-hybridized carbons (Fsp3) is 0.684. The van der Waals surface area contributed by atoms with Gasteiger partial charge < -0.3 is 9.26 Å². The third kappa shape index (κ3) is 4.38. The molecule has 8 heteroatoms. The monoisotopic (exact) mass is 392 g/mol. The van der Waals surface area contributed by atoms with Crippen LogP contribution in [0.25, 0.3) is 0 Å². The summed E-state index contributed by atoms with van der Waals surface area (Å²) in [5.41, 5.74) is -1.37. The van der Waals surface area contributed by atoms with E-state index in [1.165, 1.54) is 0 Å². The number of hydrogen-bond donors (Lipinski definition) is 1.